The summed E-state index contributed by atoms with van der Waals surface area (Å²) in [5.41, 5.74) is 1.16. The molecule has 1 aromatic rings. The zero-order chi connectivity index (χ0) is 17.3. The van der Waals surface area contributed by atoms with E-state index >= 15 is 0 Å². The van der Waals surface area contributed by atoms with Crippen LogP contribution in [0.25, 0.3) is 0 Å². The molecule has 6 nitrogen and oxygen atoms in total. The van der Waals surface area contributed by atoms with Gasteiger partial charge in [0.1, 0.15) is 0 Å². The number of aryl methyl sites for hydroxylation is 1. The van der Waals surface area contributed by atoms with Crippen LogP contribution in [0.2, 0.25) is 0 Å². The van der Waals surface area contributed by atoms with Crippen molar-refractivity contribution in [3.05, 3.63) is 18.0 Å². The number of aromatic nitrogens is 2. The number of nitrogens with zero attached hydrogens (tertiary/aromatic N) is 4. The van der Waals surface area contributed by atoms with Gasteiger partial charge in [-0.15, -0.1) is 24.0 Å². The molecule has 2 unspecified atom stereocenters. The van der Waals surface area contributed by atoms with E-state index in [2.05, 4.69) is 55.1 Å². The van der Waals surface area contributed by atoms with Crippen LogP contribution in [-0.2, 0) is 18.3 Å². The Labute approximate surface area is 163 Å². The van der Waals surface area contributed by atoms with Crippen molar-refractivity contribution in [2.24, 2.45) is 17.5 Å². The van der Waals surface area contributed by atoms with Crippen molar-refractivity contribution in [1.82, 2.24) is 20.0 Å². The van der Waals surface area contributed by atoms with Crippen LogP contribution in [0.4, 0.5) is 0 Å². The molecular weight excluding hydrogens is 417 g/mol. The molecule has 2 rings (SSSR count). The van der Waals surface area contributed by atoms with E-state index in [1.165, 1.54) is 5.56 Å². The van der Waals surface area contributed by atoms with Crippen molar-refractivity contribution < 1.29 is 4.74 Å². The van der Waals surface area contributed by atoms with E-state index in [4.69, 9.17) is 4.74 Å². The van der Waals surface area contributed by atoms with E-state index in [-0.39, 0.29) is 35.0 Å². The van der Waals surface area contributed by atoms with Crippen molar-refractivity contribution in [1.29, 1.82) is 0 Å². The molecule has 0 bridgehead atoms. The van der Waals surface area contributed by atoms with Crippen LogP contribution >= 0.6 is 24.0 Å². The topological polar surface area (TPSA) is 54.7 Å². The lowest BCUT2D eigenvalue weighted by Gasteiger charge is -2.59. The van der Waals surface area contributed by atoms with E-state index in [9.17, 15) is 0 Å². The first-order chi connectivity index (χ1) is 10.7. The van der Waals surface area contributed by atoms with Gasteiger partial charge in [0.15, 0.2) is 5.96 Å². The van der Waals surface area contributed by atoms with Crippen LogP contribution in [-0.4, -0.2) is 53.0 Å². The molecule has 0 spiro atoms. The van der Waals surface area contributed by atoms with Crippen LogP contribution in [0, 0.1) is 5.41 Å². The predicted molar refractivity (Wildman–Crippen MR) is 109 cm³/mol. The van der Waals surface area contributed by atoms with Crippen LogP contribution in [0.1, 0.15) is 39.7 Å². The second-order valence-corrected chi connectivity index (χ2v) is 7.23. The number of rotatable bonds is 5. The fourth-order valence-corrected chi connectivity index (χ4v) is 3.21. The Morgan fingerprint density at radius 3 is 2.62 bits per heavy atom. The molecule has 0 aliphatic heterocycles. The Hall–Kier alpha value is -0.830. The molecule has 1 N–H and O–H groups in total. The van der Waals surface area contributed by atoms with Crippen molar-refractivity contribution in [2.75, 3.05) is 20.7 Å². The van der Waals surface area contributed by atoms with Gasteiger partial charge < -0.3 is 15.0 Å². The summed E-state index contributed by atoms with van der Waals surface area (Å²) in [4.78, 5) is 6.80. The molecule has 1 heterocycles. The lowest BCUT2D eigenvalue weighted by Crippen LogP contribution is -2.69. The molecular formula is C17H32IN5O. The average Bonchev–Trinajstić information content (AvgIpc) is 2.90. The SMILES string of the molecule is CCN=C(NC1CC(C)(OC)C1(C)C)N(C)Cc1cnn(C)c1.I. The molecule has 2 atom stereocenters. The first-order valence-electron chi connectivity index (χ1n) is 8.28. The van der Waals surface area contributed by atoms with Crippen molar-refractivity contribution in [3.63, 3.8) is 0 Å². The van der Waals surface area contributed by atoms with Gasteiger partial charge in [-0.25, -0.2) is 0 Å². The Balaban J connectivity index is 0.00000288. The third-order valence-corrected chi connectivity index (χ3v) is 5.43. The zero-order valence-electron chi connectivity index (χ0n) is 16.0. The number of halogens is 1. The van der Waals surface area contributed by atoms with Crippen LogP contribution < -0.4 is 5.32 Å². The smallest absolute Gasteiger partial charge is 0.194 e. The minimum Gasteiger partial charge on any atom is -0.378 e. The Bertz CT molecular complexity index is 571. The van der Waals surface area contributed by atoms with Gasteiger partial charge in [0.05, 0.1) is 11.8 Å². The molecule has 1 aliphatic carbocycles. The third-order valence-electron chi connectivity index (χ3n) is 5.43. The van der Waals surface area contributed by atoms with E-state index in [0.717, 1.165) is 25.5 Å². The standard InChI is InChI=1S/C17H31N5O.HI/c1-8-18-15(21(5)11-13-10-19-22(6)12-13)20-14-9-17(4,23-7)16(14,2)3;/h10,12,14H,8-9,11H2,1-7H3,(H,18,20);1H. The summed E-state index contributed by atoms with van der Waals surface area (Å²) < 4.78 is 7.54. The maximum Gasteiger partial charge on any atom is 0.194 e. The van der Waals surface area contributed by atoms with Crippen LogP contribution in [0.5, 0.6) is 0 Å². The second kappa shape index (κ2) is 8.03. The van der Waals surface area contributed by atoms with Crippen molar-refractivity contribution in [3.8, 4) is 0 Å². The minimum absolute atomic E-state index is 0. The molecule has 1 aliphatic rings. The number of hydrogen-bond acceptors (Lipinski definition) is 3. The number of ether oxygens (including phenoxy) is 1. The van der Waals surface area contributed by atoms with Gasteiger partial charge in [-0.3, -0.25) is 9.67 Å². The Morgan fingerprint density at radius 1 is 1.50 bits per heavy atom. The molecule has 1 saturated carbocycles. The second-order valence-electron chi connectivity index (χ2n) is 7.23. The normalized spacial score (nSPS) is 25.6. The number of hydrogen-bond donors (Lipinski definition) is 1. The highest BCUT2D eigenvalue weighted by molar-refractivity contribution is 14.0. The van der Waals surface area contributed by atoms with Gasteiger partial charge in [0.25, 0.3) is 0 Å². The van der Waals surface area contributed by atoms with E-state index in [1.807, 2.05) is 24.1 Å². The quantitative estimate of drug-likeness (QED) is 0.427. The van der Waals surface area contributed by atoms with Crippen LogP contribution in [0.15, 0.2) is 17.4 Å². The molecule has 0 amide bonds. The van der Waals surface area contributed by atoms with E-state index in [0.29, 0.717) is 6.04 Å². The minimum atomic E-state index is -0.0795. The number of nitrogens with one attached hydrogen (secondary N) is 1. The highest BCUT2D eigenvalue weighted by atomic mass is 127. The third kappa shape index (κ3) is 4.04. The first-order valence-corrected chi connectivity index (χ1v) is 8.28. The molecule has 0 radical (unpaired) electrons. The first kappa shape index (κ1) is 21.2. The fourth-order valence-electron chi connectivity index (χ4n) is 3.21. The Morgan fingerprint density at radius 2 is 2.17 bits per heavy atom. The van der Waals surface area contributed by atoms with Gasteiger partial charge in [0, 0.05) is 57.5 Å². The monoisotopic (exact) mass is 449 g/mol. The average molecular weight is 449 g/mol. The number of guanidine groups is 1. The summed E-state index contributed by atoms with van der Waals surface area (Å²) in [6.07, 6.45) is 4.92. The molecule has 0 aromatic carbocycles. The highest BCUT2D eigenvalue weighted by Crippen LogP contribution is 2.51. The van der Waals surface area contributed by atoms with Gasteiger partial charge in [-0.1, -0.05) is 13.8 Å². The zero-order valence-corrected chi connectivity index (χ0v) is 18.3. The summed E-state index contributed by atoms with van der Waals surface area (Å²) in [6.45, 7) is 10.3. The van der Waals surface area contributed by atoms with Gasteiger partial charge in [-0.05, 0) is 20.3 Å². The summed E-state index contributed by atoms with van der Waals surface area (Å²) in [6, 6.07) is 0.356. The molecule has 1 fully saturated rings. The lowest BCUT2D eigenvalue weighted by molar-refractivity contribution is -0.177. The molecule has 0 saturated heterocycles. The van der Waals surface area contributed by atoms with E-state index in [1.54, 1.807) is 7.11 Å². The summed E-state index contributed by atoms with van der Waals surface area (Å²) in [5.74, 6) is 0.938. The molecule has 24 heavy (non-hydrogen) atoms. The Kier molecular flexibility index (Phi) is 7.10. The van der Waals surface area contributed by atoms with Crippen molar-refractivity contribution in [2.45, 2.75) is 52.3 Å². The van der Waals surface area contributed by atoms with Gasteiger partial charge >= 0.3 is 0 Å². The predicted octanol–water partition coefficient (Wildman–Crippen LogP) is 2.64. The summed E-state index contributed by atoms with van der Waals surface area (Å²) in [7, 11) is 5.80. The summed E-state index contributed by atoms with van der Waals surface area (Å²) in [5, 5.41) is 7.86. The fraction of sp³-hybridized carbons (Fsp3) is 0.765. The van der Waals surface area contributed by atoms with E-state index < -0.39 is 0 Å². The highest BCUT2D eigenvalue weighted by Gasteiger charge is 2.58. The summed E-state index contributed by atoms with van der Waals surface area (Å²) >= 11 is 0. The molecule has 1 aromatic heterocycles. The molecule has 138 valence electrons. The van der Waals surface area contributed by atoms with Crippen LogP contribution in [0.3, 0.4) is 0 Å². The number of aliphatic imine (C=N–C) groups is 1. The number of methoxy groups -OCH3 is 1. The maximum atomic E-state index is 5.72. The van der Waals surface area contributed by atoms with Gasteiger partial charge in [-0.2, -0.15) is 5.10 Å². The lowest BCUT2D eigenvalue weighted by atomic mass is 9.56. The maximum absolute atomic E-state index is 5.72. The van der Waals surface area contributed by atoms with Crippen molar-refractivity contribution >= 4 is 29.9 Å². The van der Waals surface area contributed by atoms with Gasteiger partial charge in [0.2, 0.25) is 0 Å². The molecule has 7 heteroatoms. The largest absolute Gasteiger partial charge is 0.378 e.